The molecule has 0 bridgehead atoms. The molecule has 0 amide bonds. The van der Waals surface area contributed by atoms with E-state index < -0.39 is 0 Å². The number of hydrogen-bond donors (Lipinski definition) is 0. The normalized spacial score (nSPS) is 10.6. The van der Waals surface area contributed by atoms with Gasteiger partial charge in [0, 0.05) is 0 Å². The molecule has 0 heterocycles. The summed E-state index contributed by atoms with van der Waals surface area (Å²) in [7, 11) is 0. The van der Waals surface area contributed by atoms with Gasteiger partial charge in [0.25, 0.3) is 0 Å². The fourth-order valence-electron chi connectivity index (χ4n) is 1.40. The Kier molecular flexibility index (Phi) is 3.97. The molecular formula is C14H12ClN. The van der Waals surface area contributed by atoms with Crippen LogP contribution in [0.5, 0.6) is 0 Å². The maximum Gasteiger partial charge on any atom is 0.0719 e. The predicted octanol–water partition coefficient (Wildman–Crippen LogP) is 3.86. The van der Waals surface area contributed by atoms with Gasteiger partial charge in [-0.3, -0.25) is 0 Å². The van der Waals surface area contributed by atoms with Crippen molar-refractivity contribution >= 4 is 11.8 Å². The van der Waals surface area contributed by atoms with Crippen LogP contribution in [0.1, 0.15) is 11.1 Å². The summed E-state index contributed by atoms with van der Waals surface area (Å²) in [6, 6.07) is 19.9. The summed E-state index contributed by atoms with van der Waals surface area (Å²) in [5, 5.41) is 0. The smallest absolute Gasteiger partial charge is 0.0719 e. The molecule has 2 radical (unpaired) electrons. The second-order valence-electron chi connectivity index (χ2n) is 3.42. The first-order chi connectivity index (χ1) is 7.84. The minimum absolute atomic E-state index is 1.07. The van der Waals surface area contributed by atoms with Crippen LogP contribution in [0, 0.1) is 13.1 Å². The first-order valence-electron chi connectivity index (χ1n) is 5.08. The van der Waals surface area contributed by atoms with Crippen molar-refractivity contribution in [1.82, 2.24) is 4.42 Å². The third-order valence-corrected chi connectivity index (χ3v) is 2.34. The maximum atomic E-state index is 6.07. The van der Waals surface area contributed by atoms with Gasteiger partial charge in [0.15, 0.2) is 0 Å². The Hall–Kier alpha value is -1.31. The zero-order chi connectivity index (χ0) is 11.2. The number of nitrogens with zero attached hydrogens (tertiary/aromatic N) is 1. The molecule has 0 aromatic heterocycles. The molecule has 0 aliphatic carbocycles. The van der Waals surface area contributed by atoms with Crippen LogP contribution in [0.3, 0.4) is 0 Å². The van der Waals surface area contributed by atoms with Gasteiger partial charge >= 0.3 is 0 Å². The second kappa shape index (κ2) is 5.69. The highest BCUT2D eigenvalue weighted by atomic mass is 35.5. The van der Waals surface area contributed by atoms with Crippen LogP contribution in [0.2, 0.25) is 0 Å². The quantitative estimate of drug-likeness (QED) is 0.720. The molecule has 0 atom stereocenters. The molecule has 80 valence electrons. The van der Waals surface area contributed by atoms with Crippen LogP contribution in [0.15, 0.2) is 60.7 Å². The van der Waals surface area contributed by atoms with Gasteiger partial charge in [-0.15, -0.1) is 0 Å². The molecule has 16 heavy (non-hydrogen) atoms. The van der Waals surface area contributed by atoms with E-state index in [0.717, 1.165) is 11.1 Å². The Morgan fingerprint density at radius 3 is 1.44 bits per heavy atom. The Labute approximate surface area is 101 Å². The van der Waals surface area contributed by atoms with E-state index in [4.69, 9.17) is 11.8 Å². The third-order valence-electron chi connectivity index (χ3n) is 2.14. The highest BCUT2D eigenvalue weighted by Gasteiger charge is 2.04. The maximum absolute atomic E-state index is 6.07. The van der Waals surface area contributed by atoms with Crippen molar-refractivity contribution in [3.8, 4) is 0 Å². The summed E-state index contributed by atoms with van der Waals surface area (Å²) in [6.45, 7) is 3.74. The standard InChI is InChI=1S/C14H12ClN/c15-16(11-13-7-3-1-4-8-13)12-14-9-5-2-6-10-14/h1-12H. The summed E-state index contributed by atoms with van der Waals surface area (Å²) in [4.78, 5) is 0. The van der Waals surface area contributed by atoms with E-state index in [1.54, 1.807) is 4.42 Å². The van der Waals surface area contributed by atoms with Gasteiger partial charge in [0.1, 0.15) is 0 Å². The topological polar surface area (TPSA) is 3.24 Å². The monoisotopic (exact) mass is 229 g/mol. The number of hydrogen-bond acceptors (Lipinski definition) is 1. The second-order valence-corrected chi connectivity index (χ2v) is 3.81. The zero-order valence-corrected chi connectivity index (χ0v) is 9.51. The lowest BCUT2D eigenvalue weighted by atomic mass is 10.2. The van der Waals surface area contributed by atoms with Gasteiger partial charge in [-0.05, 0) is 22.9 Å². The lowest BCUT2D eigenvalue weighted by Crippen LogP contribution is -2.06. The summed E-state index contributed by atoms with van der Waals surface area (Å²) < 4.78 is 1.55. The molecule has 0 fully saturated rings. The summed E-state index contributed by atoms with van der Waals surface area (Å²) in [5.74, 6) is 0. The van der Waals surface area contributed by atoms with E-state index in [9.17, 15) is 0 Å². The van der Waals surface area contributed by atoms with Crippen molar-refractivity contribution in [1.29, 1.82) is 0 Å². The van der Waals surface area contributed by atoms with Crippen molar-refractivity contribution in [2.75, 3.05) is 0 Å². The minimum Gasteiger partial charge on any atom is -0.201 e. The molecule has 0 aliphatic heterocycles. The van der Waals surface area contributed by atoms with Crippen LogP contribution in [-0.2, 0) is 0 Å². The fraction of sp³-hybridized carbons (Fsp3) is 0. The van der Waals surface area contributed by atoms with Gasteiger partial charge in [-0.25, -0.2) is 4.42 Å². The van der Waals surface area contributed by atoms with E-state index in [0.29, 0.717) is 0 Å². The molecule has 0 unspecified atom stereocenters. The highest BCUT2D eigenvalue weighted by molar-refractivity contribution is 6.14. The Morgan fingerprint density at radius 2 is 1.06 bits per heavy atom. The average Bonchev–Trinajstić information content (AvgIpc) is 2.31. The Morgan fingerprint density at radius 1 is 0.688 bits per heavy atom. The van der Waals surface area contributed by atoms with E-state index in [1.807, 2.05) is 73.8 Å². The van der Waals surface area contributed by atoms with Crippen molar-refractivity contribution < 1.29 is 0 Å². The predicted molar refractivity (Wildman–Crippen MR) is 67.4 cm³/mol. The van der Waals surface area contributed by atoms with Gasteiger partial charge in [0.05, 0.1) is 13.1 Å². The lowest BCUT2D eigenvalue weighted by Gasteiger charge is -2.12. The van der Waals surface area contributed by atoms with Crippen molar-refractivity contribution in [3.05, 3.63) is 84.9 Å². The molecule has 2 aromatic rings. The Bertz CT molecular complexity index is 372. The number of halogens is 1. The van der Waals surface area contributed by atoms with Gasteiger partial charge in [-0.2, -0.15) is 0 Å². The zero-order valence-electron chi connectivity index (χ0n) is 8.75. The number of rotatable bonds is 4. The highest BCUT2D eigenvalue weighted by Crippen LogP contribution is 2.14. The summed E-state index contributed by atoms with van der Waals surface area (Å²) in [5.41, 5.74) is 2.15. The van der Waals surface area contributed by atoms with Crippen LogP contribution in [0.4, 0.5) is 0 Å². The summed E-state index contributed by atoms with van der Waals surface area (Å²) in [6.07, 6.45) is 0. The number of benzene rings is 2. The van der Waals surface area contributed by atoms with E-state index in [-0.39, 0.29) is 0 Å². The van der Waals surface area contributed by atoms with E-state index in [2.05, 4.69) is 0 Å². The van der Waals surface area contributed by atoms with Crippen molar-refractivity contribution in [2.45, 2.75) is 0 Å². The van der Waals surface area contributed by atoms with E-state index in [1.165, 1.54) is 0 Å². The molecular weight excluding hydrogens is 218 g/mol. The molecule has 0 N–H and O–H groups in total. The van der Waals surface area contributed by atoms with Crippen molar-refractivity contribution in [3.63, 3.8) is 0 Å². The van der Waals surface area contributed by atoms with Crippen LogP contribution in [-0.4, -0.2) is 4.42 Å². The SMILES string of the molecule is ClN([CH]c1ccccc1)[CH]c1ccccc1. The minimum atomic E-state index is 1.07. The molecule has 1 nitrogen and oxygen atoms in total. The molecule has 0 spiro atoms. The molecule has 0 saturated heterocycles. The average molecular weight is 230 g/mol. The largest absolute Gasteiger partial charge is 0.201 e. The first kappa shape index (κ1) is 11.2. The Balaban J connectivity index is 1.92. The molecule has 0 aliphatic rings. The fourth-order valence-corrected chi connectivity index (χ4v) is 1.63. The van der Waals surface area contributed by atoms with Crippen LogP contribution >= 0.6 is 11.8 Å². The van der Waals surface area contributed by atoms with Crippen molar-refractivity contribution in [2.24, 2.45) is 0 Å². The van der Waals surface area contributed by atoms with E-state index >= 15 is 0 Å². The molecule has 2 rings (SSSR count). The molecule has 2 heteroatoms. The van der Waals surface area contributed by atoms with Crippen LogP contribution < -0.4 is 0 Å². The van der Waals surface area contributed by atoms with Gasteiger partial charge in [-0.1, -0.05) is 60.7 Å². The lowest BCUT2D eigenvalue weighted by molar-refractivity contribution is 0.695. The summed E-state index contributed by atoms with van der Waals surface area (Å²) >= 11 is 6.07. The first-order valence-corrected chi connectivity index (χ1v) is 5.42. The molecule has 0 saturated carbocycles. The van der Waals surface area contributed by atoms with Crippen LogP contribution in [0.25, 0.3) is 0 Å². The molecule has 2 aromatic carbocycles. The third kappa shape index (κ3) is 3.37. The van der Waals surface area contributed by atoms with Gasteiger partial charge < -0.3 is 0 Å². The van der Waals surface area contributed by atoms with Gasteiger partial charge in [0.2, 0.25) is 0 Å².